The zero-order chi connectivity index (χ0) is 8.10. The van der Waals surface area contributed by atoms with Crippen LogP contribution >= 0.6 is 0 Å². The van der Waals surface area contributed by atoms with Crippen molar-refractivity contribution in [1.29, 1.82) is 0 Å². The fourth-order valence-corrected chi connectivity index (χ4v) is 0.986. The lowest BCUT2D eigenvalue weighted by Crippen LogP contribution is -2.05. The predicted molar refractivity (Wildman–Crippen MR) is 39.8 cm³/mol. The second kappa shape index (κ2) is 4.01. The molecule has 1 aliphatic heterocycles. The number of methoxy groups -OCH3 is 1. The van der Waals surface area contributed by atoms with E-state index in [9.17, 15) is 4.79 Å². The molecule has 1 aliphatic rings. The van der Waals surface area contributed by atoms with Crippen molar-refractivity contribution in [2.24, 2.45) is 5.92 Å². The maximum atomic E-state index is 10.7. The van der Waals surface area contributed by atoms with Crippen LogP contribution in [0.25, 0.3) is 0 Å². The highest BCUT2D eigenvalue weighted by Gasteiger charge is 2.12. The van der Waals surface area contributed by atoms with E-state index in [-0.39, 0.29) is 5.97 Å². The minimum atomic E-state index is -0.148. The molecule has 1 atom stereocenters. The summed E-state index contributed by atoms with van der Waals surface area (Å²) in [4.78, 5) is 10.7. The molecule has 0 amide bonds. The van der Waals surface area contributed by atoms with Crippen molar-refractivity contribution < 1.29 is 14.3 Å². The first-order chi connectivity index (χ1) is 5.33. The lowest BCUT2D eigenvalue weighted by Gasteiger charge is -2.03. The summed E-state index contributed by atoms with van der Waals surface area (Å²) in [7, 11) is 1.41. The third-order valence-electron chi connectivity index (χ3n) is 1.70. The Balaban J connectivity index is 2.11. The smallest absolute Gasteiger partial charge is 0.305 e. The molecule has 0 aromatic carbocycles. The highest BCUT2D eigenvalue weighted by atomic mass is 16.5. The summed E-state index contributed by atoms with van der Waals surface area (Å²) in [5.41, 5.74) is 0. The van der Waals surface area contributed by atoms with Gasteiger partial charge in [-0.3, -0.25) is 4.79 Å². The van der Waals surface area contributed by atoms with E-state index in [1.165, 1.54) is 7.11 Å². The van der Waals surface area contributed by atoms with E-state index < -0.39 is 0 Å². The molecule has 1 unspecified atom stereocenters. The molecular formula is C8H12O3. The van der Waals surface area contributed by atoms with Crippen molar-refractivity contribution in [3.8, 4) is 0 Å². The summed E-state index contributed by atoms with van der Waals surface area (Å²) in [5.74, 6) is 0.249. The van der Waals surface area contributed by atoms with Crippen LogP contribution in [0.15, 0.2) is 12.3 Å². The van der Waals surface area contributed by atoms with Crippen LogP contribution in [0.4, 0.5) is 0 Å². The molecule has 0 bridgehead atoms. The number of rotatable bonds is 3. The third kappa shape index (κ3) is 2.62. The lowest BCUT2D eigenvalue weighted by molar-refractivity contribution is -0.140. The average Bonchev–Trinajstić information content (AvgIpc) is 2.52. The van der Waals surface area contributed by atoms with E-state index in [1.54, 1.807) is 6.26 Å². The molecule has 11 heavy (non-hydrogen) atoms. The van der Waals surface area contributed by atoms with E-state index in [4.69, 9.17) is 4.74 Å². The minimum absolute atomic E-state index is 0.148. The van der Waals surface area contributed by atoms with E-state index in [0.717, 1.165) is 6.42 Å². The van der Waals surface area contributed by atoms with E-state index in [2.05, 4.69) is 4.74 Å². The Kier molecular flexibility index (Phi) is 2.95. The van der Waals surface area contributed by atoms with Gasteiger partial charge in [0.2, 0.25) is 0 Å². The monoisotopic (exact) mass is 156 g/mol. The molecule has 0 radical (unpaired) electrons. The summed E-state index contributed by atoms with van der Waals surface area (Å²) in [6.07, 6.45) is 4.96. The fourth-order valence-electron chi connectivity index (χ4n) is 0.986. The van der Waals surface area contributed by atoms with Crippen LogP contribution in [0.3, 0.4) is 0 Å². The Morgan fingerprint density at radius 3 is 3.18 bits per heavy atom. The molecule has 62 valence electrons. The number of esters is 1. The van der Waals surface area contributed by atoms with Gasteiger partial charge in [0.05, 0.1) is 20.0 Å². The Bertz CT molecular complexity index is 163. The first-order valence-electron chi connectivity index (χ1n) is 3.68. The van der Waals surface area contributed by atoms with Gasteiger partial charge in [-0.25, -0.2) is 0 Å². The number of ether oxygens (including phenoxy) is 2. The SMILES string of the molecule is COC(=O)CCC1C=COC1. The van der Waals surface area contributed by atoms with Crippen molar-refractivity contribution in [3.63, 3.8) is 0 Å². The van der Waals surface area contributed by atoms with E-state index >= 15 is 0 Å². The molecular weight excluding hydrogens is 144 g/mol. The number of carbonyl (C=O) groups excluding carboxylic acids is 1. The van der Waals surface area contributed by atoms with Gasteiger partial charge in [-0.15, -0.1) is 0 Å². The van der Waals surface area contributed by atoms with Crippen molar-refractivity contribution in [2.75, 3.05) is 13.7 Å². The van der Waals surface area contributed by atoms with Gasteiger partial charge in [0.1, 0.15) is 0 Å². The Morgan fingerprint density at radius 1 is 1.82 bits per heavy atom. The first kappa shape index (κ1) is 8.11. The normalized spacial score (nSPS) is 21.4. The number of carbonyl (C=O) groups is 1. The molecule has 1 heterocycles. The largest absolute Gasteiger partial charge is 0.501 e. The molecule has 0 saturated heterocycles. The van der Waals surface area contributed by atoms with Crippen LogP contribution < -0.4 is 0 Å². The van der Waals surface area contributed by atoms with Gasteiger partial charge in [-0.2, -0.15) is 0 Å². The molecule has 0 aliphatic carbocycles. The topological polar surface area (TPSA) is 35.5 Å². The van der Waals surface area contributed by atoms with Crippen LogP contribution in [-0.4, -0.2) is 19.7 Å². The quantitative estimate of drug-likeness (QED) is 0.574. The van der Waals surface area contributed by atoms with Crippen LogP contribution in [0.1, 0.15) is 12.8 Å². The predicted octanol–water partition coefficient (Wildman–Crippen LogP) is 1.10. The molecule has 0 aromatic rings. The second-order valence-corrected chi connectivity index (χ2v) is 2.54. The van der Waals surface area contributed by atoms with Crippen LogP contribution in [0, 0.1) is 5.92 Å². The van der Waals surface area contributed by atoms with Gasteiger partial charge in [0, 0.05) is 12.3 Å². The second-order valence-electron chi connectivity index (χ2n) is 2.54. The molecule has 0 spiro atoms. The number of hydrogen-bond donors (Lipinski definition) is 0. The van der Waals surface area contributed by atoms with Gasteiger partial charge in [-0.1, -0.05) is 0 Å². The molecule has 0 fully saturated rings. The maximum absolute atomic E-state index is 10.7. The third-order valence-corrected chi connectivity index (χ3v) is 1.70. The Morgan fingerprint density at radius 2 is 2.64 bits per heavy atom. The van der Waals surface area contributed by atoms with Crippen LogP contribution in [0.5, 0.6) is 0 Å². The highest BCUT2D eigenvalue weighted by molar-refractivity contribution is 5.69. The molecule has 3 nitrogen and oxygen atoms in total. The van der Waals surface area contributed by atoms with Gasteiger partial charge in [-0.05, 0) is 12.5 Å². The van der Waals surface area contributed by atoms with Crippen molar-refractivity contribution in [2.45, 2.75) is 12.8 Å². The fraction of sp³-hybridized carbons (Fsp3) is 0.625. The van der Waals surface area contributed by atoms with Gasteiger partial charge in [0.25, 0.3) is 0 Å². The van der Waals surface area contributed by atoms with Gasteiger partial charge < -0.3 is 9.47 Å². The van der Waals surface area contributed by atoms with Gasteiger partial charge >= 0.3 is 5.97 Å². The molecule has 0 saturated carbocycles. The van der Waals surface area contributed by atoms with Gasteiger partial charge in [0.15, 0.2) is 0 Å². The summed E-state index contributed by atoms with van der Waals surface area (Å²) in [5, 5.41) is 0. The average molecular weight is 156 g/mol. The summed E-state index contributed by atoms with van der Waals surface area (Å²) < 4.78 is 9.50. The van der Waals surface area contributed by atoms with E-state index in [1.807, 2.05) is 6.08 Å². The van der Waals surface area contributed by atoms with Crippen LogP contribution in [-0.2, 0) is 14.3 Å². The molecule has 0 N–H and O–H groups in total. The lowest BCUT2D eigenvalue weighted by atomic mass is 10.1. The zero-order valence-electron chi connectivity index (χ0n) is 6.58. The summed E-state index contributed by atoms with van der Waals surface area (Å²) >= 11 is 0. The maximum Gasteiger partial charge on any atom is 0.305 e. The van der Waals surface area contributed by atoms with E-state index in [0.29, 0.717) is 18.9 Å². The van der Waals surface area contributed by atoms with Crippen LogP contribution in [0.2, 0.25) is 0 Å². The van der Waals surface area contributed by atoms with Crippen molar-refractivity contribution >= 4 is 5.97 Å². The van der Waals surface area contributed by atoms with Crippen molar-refractivity contribution in [3.05, 3.63) is 12.3 Å². The Hall–Kier alpha value is -0.990. The molecule has 0 aromatic heterocycles. The molecule has 1 rings (SSSR count). The number of hydrogen-bond acceptors (Lipinski definition) is 3. The Labute approximate surface area is 66.0 Å². The van der Waals surface area contributed by atoms with Crippen molar-refractivity contribution in [1.82, 2.24) is 0 Å². The summed E-state index contributed by atoms with van der Waals surface area (Å²) in [6, 6.07) is 0. The highest BCUT2D eigenvalue weighted by Crippen LogP contribution is 2.14. The standard InChI is InChI=1S/C8H12O3/c1-10-8(9)3-2-7-4-5-11-6-7/h4-5,7H,2-3,6H2,1H3. The minimum Gasteiger partial charge on any atom is -0.501 e. The zero-order valence-corrected chi connectivity index (χ0v) is 6.58. The first-order valence-corrected chi connectivity index (χ1v) is 3.68. The summed E-state index contributed by atoms with van der Waals surface area (Å²) in [6.45, 7) is 0.705. The molecule has 3 heteroatoms.